The van der Waals surface area contributed by atoms with Crippen molar-refractivity contribution in [3.8, 4) is 5.88 Å². The minimum absolute atomic E-state index is 0.132. The van der Waals surface area contributed by atoms with Gasteiger partial charge >= 0.3 is 0 Å². The summed E-state index contributed by atoms with van der Waals surface area (Å²) in [5, 5.41) is 12.5. The van der Waals surface area contributed by atoms with Gasteiger partial charge in [-0.1, -0.05) is 6.07 Å². The van der Waals surface area contributed by atoms with Crippen LogP contribution < -0.4 is 10.9 Å². The normalized spacial score (nSPS) is 11.1. The van der Waals surface area contributed by atoms with E-state index in [2.05, 4.69) is 10.3 Å². The average molecular weight is 319 g/mol. The van der Waals surface area contributed by atoms with Crippen molar-refractivity contribution in [2.45, 2.75) is 33.3 Å². The van der Waals surface area contributed by atoms with Gasteiger partial charge in [-0.25, -0.2) is 0 Å². The summed E-state index contributed by atoms with van der Waals surface area (Å²) in [6, 6.07) is 3.39. The highest BCUT2D eigenvalue weighted by Gasteiger charge is 2.19. The van der Waals surface area contributed by atoms with Gasteiger partial charge in [0.25, 0.3) is 11.5 Å². The van der Waals surface area contributed by atoms with Crippen molar-refractivity contribution >= 4 is 11.6 Å². The molecule has 2 aromatic heterocycles. The van der Waals surface area contributed by atoms with Crippen molar-refractivity contribution in [2.75, 3.05) is 13.2 Å². The third-order valence-electron chi connectivity index (χ3n) is 3.24. The summed E-state index contributed by atoms with van der Waals surface area (Å²) >= 11 is 0. The van der Waals surface area contributed by atoms with E-state index >= 15 is 0 Å². The van der Waals surface area contributed by atoms with Crippen LogP contribution in [0.25, 0.3) is 5.65 Å². The van der Waals surface area contributed by atoms with Gasteiger partial charge < -0.3 is 15.2 Å². The number of ether oxygens (including phenoxy) is 1. The number of carbonyl (C=O) groups is 1. The fourth-order valence-corrected chi connectivity index (χ4v) is 2.11. The van der Waals surface area contributed by atoms with Crippen LogP contribution in [0.5, 0.6) is 5.88 Å². The van der Waals surface area contributed by atoms with Crippen molar-refractivity contribution in [1.29, 1.82) is 0 Å². The Balaban J connectivity index is 2.15. The molecule has 0 aliphatic heterocycles. The van der Waals surface area contributed by atoms with Crippen molar-refractivity contribution in [3.63, 3.8) is 0 Å². The van der Waals surface area contributed by atoms with E-state index in [1.807, 2.05) is 20.8 Å². The molecule has 0 spiro atoms. The molecule has 1 amide bonds. The molecular formula is C16H21N3O4. The van der Waals surface area contributed by atoms with Crippen molar-refractivity contribution < 1.29 is 14.6 Å². The molecule has 0 saturated heterocycles. The Labute approximate surface area is 133 Å². The maximum Gasteiger partial charge on any atom is 0.274 e. The highest BCUT2D eigenvalue weighted by atomic mass is 16.5. The number of fused-ring (bicyclic) bond motifs is 1. The zero-order valence-electron chi connectivity index (χ0n) is 13.5. The first-order valence-electron chi connectivity index (χ1n) is 7.52. The average Bonchev–Trinajstić information content (AvgIpc) is 2.47. The van der Waals surface area contributed by atoms with Gasteiger partial charge in [0, 0.05) is 19.3 Å². The molecule has 2 aromatic rings. The number of hydrogen-bond acceptors (Lipinski definition) is 5. The van der Waals surface area contributed by atoms with Gasteiger partial charge in [0.1, 0.15) is 5.65 Å². The lowest BCUT2D eigenvalue weighted by Crippen LogP contribution is -2.32. The van der Waals surface area contributed by atoms with E-state index in [-0.39, 0.29) is 11.7 Å². The zero-order chi connectivity index (χ0) is 17.0. The van der Waals surface area contributed by atoms with Crippen LogP contribution in [0.3, 0.4) is 0 Å². The van der Waals surface area contributed by atoms with Crippen LogP contribution >= 0.6 is 0 Å². The van der Waals surface area contributed by atoms with Crippen LogP contribution in [0.15, 0.2) is 23.1 Å². The van der Waals surface area contributed by atoms with Crippen LogP contribution in [0.2, 0.25) is 0 Å². The first-order valence-corrected chi connectivity index (χ1v) is 7.52. The molecule has 0 unspecified atom stereocenters. The van der Waals surface area contributed by atoms with Gasteiger partial charge in [-0.3, -0.25) is 14.0 Å². The lowest BCUT2D eigenvalue weighted by molar-refractivity contribution is 0.0756. The van der Waals surface area contributed by atoms with Crippen molar-refractivity contribution in [2.24, 2.45) is 0 Å². The lowest BCUT2D eigenvalue weighted by atomic mass is 10.2. The fourth-order valence-electron chi connectivity index (χ4n) is 2.11. The number of nitrogens with zero attached hydrogens (tertiary/aromatic N) is 2. The van der Waals surface area contributed by atoms with E-state index < -0.39 is 17.3 Å². The molecule has 0 aliphatic carbocycles. The van der Waals surface area contributed by atoms with Crippen LogP contribution in [-0.4, -0.2) is 39.7 Å². The third kappa shape index (κ3) is 4.07. The highest BCUT2D eigenvalue weighted by molar-refractivity contribution is 5.96. The van der Waals surface area contributed by atoms with Crippen molar-refractivity contribution in [3.05, 3.63) is 39.8 Å². The van der Waals surface area contributed by atoms with Gasteiger partial charge in [-0.2, -0.15) is 4.98 Å². The summed E-state index contributed by atoms with van der Waals surface area (Å²) < 4.78 is 6.62. The molecule has 23 heavy (non-hydrogen) atoms. The number of hydrogen-bond donors (Lipinski definition) is 2. The second kappa shape index (κ2) is 7.23. The van der Waals surface area contributed by atoms with E-state index in [1.54, 1.807) is 18.3 Å². The van der Waals surface area contributed by atoms with Crippen LogP contribution in [0.1, 0.15) is 36.2 Å². The Morgan fingerprint density at radius 2 is 2.17 bits per heavy atom. The van der Waals surface area contributed by atoms with E-state index in [0.29, 0.717) is 25.2 Å². The molecule has 2 heterocycles. The molecule has 2 rings (SSSR count). The second-order valence-electron chi connectivity index (χ2n) is 5.58. The molecule has 0 atom stereocenters. The number of amides is 1. The van der Waals surface area contributed by atoms with E-state index in [1.165, 1.54) is 4.40 Å². The maximum absolute atomic E-state index is 12.4. The minimum Gasteiger partial charge on any atom is -0.493 e. The molecule has 0 saturated carbocycles. The highest BCUT2D eigenvalue weighted by Crippen LogP contribution is 2.11. The summed E-state index contributed by atoms with van der Waals surface area (Å²) in [5.41, 5.74) is 0.203. The molecule has 0 bridgehead atoms. The number of aromatic hydroxyl groups is 1. The van der Waals surface area contributed by atoms with Gasteiger partial charge in [0.2, 0.25) is 5.88 Å². The van der Waals surface area contributed by atoms with E-state index in [9.17, 15) is 14.7 Å². The zero-order valence-corrected chi connectivity index (χ0v) is 13.5. The number of aromatic nitrogens is 2. The Morgan fingerprint density at radius 1 is 1.43 bits per heavy atom. The summed E-state index contributed by atoms with van der Waals surface area (Å²) in [6.07, 6.45) is 2.33. The number of rotatable bonds is 6. The van der Waals surface area contributed by atoms with E-state index in [4.69, 9.17) is 4.74 Å². The summed E-state index contributed by atoms with van der Waals surface area (Å²) in [4.78, 5) is 28.4. The lowest BCUT2D eigenvalue weighted by Gasteiger charge is -2.09. The molecule has 0 aliphatic rings. The third-order valence-corrected chi connectivity index (χ3v) is 3.24. The maximum atomic E-state index is 12.4. The standard InChI is InChI=1S/C16H21N3O4/c1-10(2)23-8-4-7-17-14(20)13-15(21)18-12-6-5-11(3)9-19(12)16(13)22/h5-6,9-10,21H,4,7-8H2,1-3H3,(H,17,20). The fraction of sp³-hybridized carbons (Fsp3) is 0.438. The Bertz CT molecular complexity index is 768. The second-order valence-corrected chi connectivity index (χ2v) is 5.58. The number of nitrogens with one attached hydrogen (secondary N) is 1. The minimum atomic E-state index is -0.638. The van der Waals surface area contributed by atoms with Crippen LogP contribution in [0.4, 0.5) is 0 Å². The molecule has 0 radical (unpaired) electrons. The van der Waals surface area contributed by atoms with Gasteiger partial charge in [-0.05, 0) is 38.8 Å². The molecule has 7 heteroatoms. The number of pyridine rings is 1. The predicted octanol–water partition coefficient (Wildman–Crippen LogP) is 1.25. The Kier molecular flexibility index (Phi) is 5.33. The predicted molar refractivity (Wildman–Crippen MR) is 85.9 cm³/mol. The van der Waals surface area contributed by atoms with Crippen LogP contribution in [0, 0.1) is 6.92 Å². The number of carbonyl (C=O) groups excluding carboxylic acids is 1. The summed E-state index contributed by atoms with van der Waals surface area (Å²) in [7, 11) is 0. The first-order chi connectivity index (χ1) is 10.9. The topological polar surface area (TPSA) is 92.9 Å². The molecule has 124 valence electrons. The monoisotopic (exact) mass is 319 g/mol. The Morgan fingerprint density at radius 3 is 2.87 bits per heavy atom. The molecule has 2 N–H and O–H groups in total. The molecular weight excluding hydrogens is 298 g/mol. The first kappa shape index (κ1) is 17.0. The molecule has 0 aromatic carbocycles. The molecule has 7 nitrogen and oxygen atoms in total. The van der Waals surface area contributed by atoms with Crippen molar-refractivity contribution in [1.82, 2.24) is 14.7 Å². The quantitative estimate of drug-likeness (QED) is 0.782. The largest absolute Gasteiger partial charge is 0.493 e. The van der Waals surface area contributed by atoms with Gasteiger partial charge in [-0.15, -0.1) is 0 Å². The summed E-state index contributed by atoms with van der Waals surface area (Å²) in [5.74, 6) is -1.20. The number of aryl methyl sites for hydroxylation is 1. The van der Waals surface area contributed by atoms with E-state index in [0.717, 1.165) is 5.56 Å². The van der Waals surface area contributed by atoms with Gasteiger partial charge in [0.15, 0.2) is 5.56 Å². The Hall–Kier alpha value is -2.41. The SMILES string of the molecule is Cc1ccc2nc(O)c(C(=O)NCCCOC(C)C)c(=O)n2c1. The molecule has 0 fully saturated rings. The smallest absolute Gasteiger partial charge is 0.274 e. The summed E-state index contributed by atoms with van der Waals surface area (Å²) in [6.45, 7) is 6.55. The van der Waals surface area contributed by atoms with Gasteiger partial charge in [0.05, 0.1) is 6.10 Å². The van der Waals surface area contributed by atoms with Crippen LogP contribution in [-0.2, 0) is 4.74 Å².